The quantitative estimate of drug-likeness (QED) is 0.540. The van der Waals surface area contributed by atoms with Gasteiger partial charge in [-0.15, -0.1) is 0 Å². The maximum atomic E-state index is 8.89. The van der Waals surface area contributed by atoms with Crippen LogP contribution in [0.25, 0.3) is 0 Å². The fourth-order valence-corrected chi connectivity index (χ4v) is 0.410. The van der Waals surface area contributed by atoms with Crippen molar-refractivity contribution in [2.75, 3.05) is 0 Å². The molecule has 0 spiro atoms. The molecule has 1 unspecified atom stereocenters. The number of hydrogen-bond acceptors (Lipinski definition) is 3. The van der Waals surface area contributed by atoms with E-state index >= 15 is 0 Å². The Labute approximate surface area is 59.8 Å². The minimum atomic E-state index is -0.714. The van der Waals surface area contributed by atoms with Crippen LogP contribution in [0.1, 0.15) is 13.8 Å². The maximum Gasteiger partial charge on any atom is 0.131 e. The highest BCUT2D eigenvalue weighted by molar-refractivity contribution is 5.40. The fourth-order valence-electron chi connectivity index (χ4n) is 0.410. The summed E-state index contributed by atoms with van der Waals surface area (Å²) in [6.45, 7) is 3.08. The van der Waals surface area contributed by atoms with Crippen LogP contribution in [0.3, 0.4) is 0 Å². The van der Waals surface area contributed by atoms with Crippen LogP contribution in [0, 0.1) is 22.7 Å². The minimum Gasteiger partial charge on any atom is -0.389 e. The summed E-state index contributed by atoms with van der Waals surface area (Å²) in [6.07, 6.45) is -0.714. The first-order valence-electron chi connectivity index (χ1n) is 2.82. The third kappa shape index (κ3) is 1.89. The van der Waals surface area contributed by atoms with E-state index in [0.717, 1.165) is 0 Å². The molecule has 10 heavy (non-hydrogen) atoms. The lowest BCUT2D eigenvalue weighted by Gasteiger charge is -2.01. The van der Waals surface area contributed by atoms with Crippen LogP contribution in [0.5, 0.6) is 0 Å². The SMILES string of the molecule is CC(=C(C#N)C#N)C(C)O. The lowest BCUT2D eigenvalue weighted by molar-refractivity contribution is 0.231. The molecule has 0 aliphatic carbocycles. The molecule has 0 bridgehead atoms. The number of nitriles is 2. The molecule has 1 N–H and O–H groups in total. The van der Waals surface area contributed by atoms with E-state index < -0.39 is 6.10 Å². The first kappa shape index (κ1) is 8.68. The average Bonchev–Trinajstić information content (AvgIpc) is 1.90. The van der Waals surface area contributed by atoms with E-state index in [9.17, 15) is 0 Å². The summed E-state index contributed by atoms with van der Waals surface area (Å²) in [4.78, 5) is 0. The van der Waals surface area contributed by atoms with Crippen LogP contribution in [-0.2, 0) is 0 Å². The molecule has 0 amide bonds. The van der Waals surface area contributed by atoms with Gasteiger partial charge in [0.1, 0.15) is 17.7 Å². The van der Waals surface area contributed by atoms with Crippen molar-refractivity contribution in [1.82, 2.24) is 0 Å². The smallest absolute Gasteiger partial charge is 0.131 e. The van der Waals surface area contributed by atoms with Crippen LogP contribution < -0.4 is 0 Å². The van der Waals surface area contributed by atoms with Gasteiger partial charge in [0, 0.05) is 0 Å². The third-order valence-corrected chi connectivity index (χ3v) is 1.24. The molecule has 0 rings (SSSR count). The molecule has 3 nitrogen and oxygen atoms in total. The molecule has 52 valence electrons. The van der Waals surface area contributed by atoms with E-state index in [4.69, 9.17) is 15.6 Å². The Morgan fingerprint density at radius 2 is 1.80 bits per heavy atom. The molecular weight excluding hydrogens is 128 g/mol. The van der Waals surface area contributed by atoms with Crippen LogP contribution in [0.4, 0.5) is 0 Å². The van der Waals surface area contributed by atoms with E-state index in [0.29, 0.717) is 5.57 Å². The Morgan fingerprint density at radius 1 is 1.40 bits per heavy atom. The highest BCUT2D eigenvalue weighted by Gasteiger charge is 2.04. The molecule has 0 fully saturated rings. The number of aliphatic hydroxyl groups excluding tert-OH is 1. The molecule has 0 aromatic carbocycles. The highest BCUT2D eigenvalue weighted by atomic mass is 16.3. The lowest BCUT2D eigenvalue weighted by Crippen LogP contribution is -2.03. The Hall–Kier alpha value is -1.32. The van der Waals surface area contributed by atoms with Crippen LogP contribution in [0.2, 0.25) is 0 Å². The molecule has 0 aliphatic rings. The summed E-state index contributed by atoms with van der Waals surface area (Å²) >= 11 is 0. The number of allylic oxidation sites excluding steroid dienone is 1. The van der Waals surface area contributed by atoms with E-state index in [1.807, 2.05) is 0 Å². The second kappa shape index (κ2) is 3.66. The summed E-state index contributed by atoms with van der Waals surface area (Å²) in [7, 11) is 0. The van der Waals surface area contributed by atoms with Crippen molar-refractivity contribution >= 4 is 0 Å². The first-order valence-corrected chi connectivity index (χ1v) is 2.82. The lowest BCUT2D eigenvalue weighted by atomic mass is 10.1. The summed E-state index contributed by atoms with van der Waals surface area (Å²) in [5.41, 5.74) is 0.417. The molecule has 0 heterocycles. The summed E-state index contributed by atoms with van der Waals surface area (Å²) in [5.74, 6) is 0. The number of nitrogens with zero attached hydrogens (tertiary/aromatic N) is 2. The average molecular weight is 136 g/mol. The molecule has 0 saturated heterocycles. The Kier molecular flexibility index (Phi) is 3.17. The van der Waals surface area contributed by atoms with Crippen molar-refractivity contribution in [3.8, 4) is 12.1 Å². The van der Waals surface area contributed by atoms with Crippen LogP contribution >= 0.6 is 0 Å². The van der Waals surface area contributed by atoms with Crippen LogP contribution in [0.15, 0.2) is 11.1 Å². The predicted molar refractivity (Wildman–Crippen MR) is 35.6 cm³/mol. The molecule has 3 heteroatoms. The minimum absolute atomic E-state index is 0.00463. The third-order valence-electron chi connectivity index (χ3n) is 1.24. The van der Waals surface area contributed by atoms with Gasteiger partial charge in [0.25, 0.3) is 0 Å². The topological polar surface area (TPSA) is 67.8 Å². The largest absolute Gasteiger partial charge is 0.389 e. The van der Waals surface area contributed by atoms with Gasteiger partial charge in [0.15, 0.2) is 0 Å². The van der Waals surface area contributed by atoms with E-state index in [-0.39, 0.29) is 5.57 Å². The van der Waals surface area contributed by atoms with Gasteiger partial charge in [-0.2, -0.15) is 10.5 Å². The molecule has 0 aromatic rings. The molecule has 1 atom stereocenters. The van der Waals surface area contributed by atoms with Crippen molar-refractivity contribution in [3.05, 3.63) is 11.1 Å². The van der Waals surface area contributed by atoms with Gasteiger partial charge in [-0.1, -0.05) is 0 Å². The number of rotatable bonds is 1. The van der Waals surface area contributed by atoms with E-state index in [2.05, 4.69) is 0 Å². The zero-order valence-corrected chi connectivity index (χ0v) is 5.92. The first-order chi connectivity index (χ1) is 4.63. The normalized spacial score (nSPS) is 10.9. The molecular formula is C7H8N2O. The van der Waals surface area contributed by atoms with Crippen molar-refractivity contribution in [2.45, 2.75) is 20.0 Å². The molecule has 0 aliphatic heterocycles. The van der Waals surface area contributed by atoms with Gasteiger partial charge in [0.2, 0.25) is 0 Å². The zero-order chi connectivity index (χ0) is 8.15. The van der Waals surface area contributed by atoms with E-state index in [1.165, 1.54) is 6.92 Å². The Morgan fingerprint density at radius 3 is 1.90 bits per heavy atom. The summed E-state index contributed by atoms with van der Waals surface area (Å²) < 4.78 is 0. The fraction of sp³-hybridized carbons (Fsp3) is 0.429. The number of aliphatic hydroxyl groups is 1. The van der Waals surface area contributed by atoms with Gasteiger partial charge >= 0.3 is 0 Å². The second-order valence-corrected chi connectivity index (χ2v) is 1.96. The maximum absolute atomic E-state index is 8.89. The van der Waals surface area contributed by atoms with Gasteiger partial charge in [-0.3, -0.25) is 0 Å². The molecule has 0 saturated carbocycles. The van der Waals surface area contributed by atoms with Gasteiger partial charge in [-0.25, -0.2) is 0 Å². The predicted octanol–water partition coefficient (Wildman–Crippen LogP) is 0.731. The molecule has 0 aromatic heterocycles. The highest BCUT2D eigenvalue weighted by Crippen LogP contribution is 2.05. The number of hydrogen-bond donors (Lipinski definition) is 1. The Balaban J connectivity index is 4.70. The van der Waals surface area contributed by atoms with Crippen LogP contribution in [-0.4, -0.2) is 11.2 Å². The van der Waals surface area contributed by atoms with Gasteiger partial charge in [-0.05, 0) is 19.4 Å². The van der Waals surface area contributed by atoms with Crippen molar-refractivity contribution in [2.24, 2.45) is 0 Å². The van der Waals surface area contributed by atoms with E-state index in [1.54, 1.807) is 19.1 Å². The Bertz CT molecular complexity index is 211. The monoisotopic (exact) mass is 136 g/mol. The van der Waals surface area contributed by atoms with Crippen molar-refractivity contribution < 1.29 is 5.11 Å². The van der Waals surface area contributed by atoms with Crippen molar-refractivity contribution in [3.63, 3.8) is 0 Å². The second-order valence-electron chi connectivity index (χ2n) is 1.96. The summed E-state index contributed by atoms with van der Waals surface area (Å²) in [6, 6.07) is 3.38. The standard InChI is InChI=1S/C7H8N2O/c1-5(6(2)10)7(3-8)4-9/h6,10H,1-2H3. The van der Waals surface area contributed by atoms with Crippen molar-refractivity contribution in [1.29, 1.82) is 10.5 Å². The molecule has 0 radical (unpaired) electrons. The zero-order valence-electron chi connectivity index (χ0n) is 5.92. The summed E-state index contributed by atoms with van der Waals surface area (Å²) in [5, 5.41) is 25.5. The van der Waals surface area contributed by atoms with Gasteiger partial charge in [0.05, 0.1) is 6.10 Å². The van der Waals surface area contributed by atoms with Gasteiger partial charge < -0.3 is 5.11 Å².